The summed E-state index contributed by atoms with van der Waals surface area (Å²) in [5.74, 6) is 1.45. The molecular weight excluding hydrogens is 436 g/mol. The number of ether oxygens (including phenoxy) is 1. The monoisotopic (exact) mass is 454 g/mol. The van der Waals surface area contributed by atoms with Gasteiger partial charge in [0.05, 0.1) is 22.6 Å². The number of nitrogens with zero attached hydrogens (tertiary/aromatic N) is 1. The third-order valence-corrected chi connectivity index (χ3v) is 5.97. The number of methoxy groups -OCH3 is 1. The molecule has 0 aliphatic carbocycles. The van der Waals surface area contributed by atoms with Crippen molar-refractivity contribution in [3.05, 3.63) is 89.3 Å². The predicted molar refractivity (Wildman–Crippen MR) is 120 cm³/mol. The number of sulfonamides is 1. The molecule has 0 radical (unpaired) electrons. The van der Waals surface area contributed by atoms with Crippen molar-refractivity contribution >= 4 is 21.6 Å². The fourth-order valence-corrected chi connectivity index (χ4v) is 4.05. The molecule has 8 heteroatoms. The second-order valence-electron chi connectivity index (χ2n) is 6.84. The summed E-state index contributed by atoms with van der Waals surface area (Å²) in [7, 11) is -2.26. The lowest BCUT2D eigenvalue weighted by molar-refractivity contribution is 0.414. The van der Waals surface area contributed by atoms with Crippen LogP contribution in [0.4, 0.5) is 0 Å². The Morgan fingerprint density at radius 3 is 2.35 bits per heavy atom. The largest absolute Gasteiger partial charge is 0.494 e. The van der Waals surface area contributed by atoms with Crippen molar-refractivity contribution in [2.75, 3.05) is 7.11 Å². The molecule has 6 nitrogen and oxygen atoms in total. The first-order chi connectivity index (χ1) is 14.9. The van der Waals surface area contributed by atoms with E-state index in [-0.39, 0.29) is 4.90 Å². The van der Waals surface area contributed by atoms with E-state index in [2.05, 4.69) is 0 Å². The molecule has 0 fully saturated rings. The zero-order chi connectivity index (χ0) is 22.0. The molecule has 1 aromatic heterocycles. The van der Waals surface area contributed by atoms with Crippen LogP contribution in [0.15, 0.2) is 82.1 Å². The fraction of sp³-hybridized carbons (Fsp3) is 0.0870. The number of halogens is 1. The SMILES string of the molecule is COc1c(Cl)cccc1-c1oc(Cc2ccccc2)nc1-c1ccc(S(N)(=O)=O)cc1. The van der Waals surface area contributed by atoms with Gasteiger partial charge in [0, 0.05) is 12.0 Å². The Bertz CT molecular complexity index is 1320. The lowest BCUT2D eigenvalue weighted by Gasteiger charge is -2.09. The molecule has 1 heterocycles. The van der Waals surface area contributed by atoms with Gasteiger partial charge in [-0.2, -0.15) is 0 Å². The molecule has 0 aliphatic heterocycles. The summed E-state index contributed by atoms with van der Waals surface area (Å²) < 4.78 is 34.9. The average molecular weight is 455 g/mol. The normalized spacial score (nSPS) is 11.5. The van der Waals surface area contributed by atoms with Gasteiger partial charge in [-0.25, -0.2) is 18.5 Å². The third kappa shape index (κ3) is 4.49. The summed E-state index contributed by atoms with van der Waals surface area (Å²) in [6.07, 6.45) is 0.492. The maximum Gasteiger partial charge on any atom is 0.238 e. The lowest BCUT2D eigenvalue weighted by Crippen LogP contribution is -2.11. The van der Waals surface area contributed by atoms with Crippen molar-refractivity contribution in [2.24, 2.45) is 5.14 Å². The molecular formula is C23H19ClN2O4S. The average Bonchev–Trinajstić information content (AvgIpc) is 3.17. The van der Waals surface area contributed by atoms with Crippen LogP contribution < -0.4 is 9.88 Å². The zero-order valence-corrected chi connectivity index (χ0v) is 18.2. The van der Waals surface area contributed by atoms with Crippen LogP contribution in [-0.2, 0) is 16.4 Å². The summed E-state index contributed by atoms with van der Waals surface area (Å²) in [6.45, 7) is 0. The Balaban J connectivity index is 1.86. The van der Waals surface area contributed by atoms with Gasteiger partial charge in [-0.3, -0.25) is 0 Å². The van der Waals surface area contributed by atoms with E-state index >= 15 is 0 Å². The van der Waals surface area contributed by atoms with Crippen molar-refractivity contribution < 1.29 is 17.6 Å². The highest BCUT2D eigenvalue weighted by Crippen LogP contribution is 2.41. The maximum atomic E-state index is 11.6. The highest BCUT2D eigenvalue weighted by molar-refractivity contribution is 7.89. The van der Waals surface area contributed by atoms with E-state index in [9.17, 15) is 8.42 Å². The minimum absolute atomic E-state index is 0.0196. The molecule has 0 bridgehead atoms. The molecule has 4 aromatic rings. The standard InChI is InChI=1S/C23H19ClN2O4S/c1-29-22-18(8-5-9-19(22)24)23-21(16-10-12-17(13-11-16)31(25,27)28)26-20(30-23)14-15-6-3-2-4-7-15/h2-13H,14H2,1H3,(H2,25,27,28). The number of para-hydroxylation sites is 1. The van der Waals surface area contributed by atoms with Crippen LogP contribution in [0.5, 0.6) is 5.75 Å². The van der Waals surface area contributed by atoms with Gasteiger partial charge in [0.2, 0.25) is 10.0 Å². The topological polar surface area (TPSA) is 95.4 Å². The van der Waals surface area contributed by atoms with Gasteiger partial charge in [-0.1, -0.05) is 60.1 Å². The highest BCUT2D eigenvalue weighted by Gasteiger charge is 2.22. The number of nitrogens with two attached hydrogens (primary N) is 1. The Morgan fingerprint density at radius 2 is 1.71 bits per heavy atom. The van der Waals surface area contributed by atoms with Gasteiger partial charge >= 0.3 is 0 Å². The molecule has 3 aromatic carbocycles. The van der Waals surface area contributed by atoms with Crippen LogP contribution >= 0.6 is 11.6 Å². The Kier molecular flexibility index (Phi) is 5.82. The van der Waals surface area contributed by atoms with Crippen molar-refractivity contribution in [1.82, 2.24) is 4.98 Å². The lowest BCUT2D eigenvalue weighted by atomic mass is 10.1. The van der Waals surface area contributed by atoms with Crippen molar-refractivity contribution in [1.29, 1.82) is 0 Å². The van der Waals surface area contributed by atoms with Gasteiger partial charge in [0.25, 0.3) is 0 Å². The first-order valence-corrected chi connectivity index (χ1v) is 11.3. The first kappa shape index (κ1) is 21.1. The van der Waals surface area contributed by atoms with E-state index < -0.39 is 10.0 Å². The van der Waals surface area contributed by atoms with Gasteiger partial charge in [-0.05, 0) is 29.8 Å². The molecule has 31 heavy (non-hydrogen) atoms. The van der Waals surface area contributed by atoms with E-state index in [0.29, 0.717) is 45.7 Å². The Labute approximate surface area is 185 Å². The molecule has 0 saturated heterocycles. The van der Waals surface area contributed by atoms with E-state index in [0.717, 1.165) is 5.56 Å². The second-order valence-corrected chi connectivity index (χ2v) is 8.81. The minimum atomic E-state index is -3.80. The van der Waals surface area contributed by atoms with Gasteiger partial charge < -0.3 is 9.15 Å². The molecule has 2 N–H and O–H groups in total. The van der Waals surface area contributed by atoms with Crippen molar-refractivity contribution in [2.45, 2.75) is 11.3 Å². The summed E-state index contributed by atoms with van der Waals surface area (Å²) in [5, 5.41) is 5.66. The van der Waals surface area contributed by atoms with E-state index in [1.54, 1.807) is 24.3 Å². The summed E-state index contributed by atoms with van der Waals surface area (Å²) >= 11 is 6.32. The van der Waals surface area contributed by atoms with Gasteiger partial charge in [-0.15, -0.1) is 0 Å². The van der Waals surface area contributed by atoms with Crippen molar-refractivity contribution in [3.63, 3.8) is 0 Å². The van der Waals surface area contributed by atoms with Crippen LogP contribution in [0.1, 0.15) is 11.5 Å². The third-order valence-electron chi connectivity index (χ3n) is 4.74. The molecule has 0 unspecified atom stereocenters. The molecule has 0 saturated carbocycles. The highest BCUT2D eigenvalue weighted by atomic mass is 35.5. The van der Waals surface area contributed by atoms with Gasteiger partial charge in [0.1, 0.15) is 11.4 Å². The minimum Gasteiger partial charge on any atom is -0.494 e. The molecule has 0 aliphatic rings. The maximum absolute atomic E-state index is 11.6. The number of primary sulfonamides is 1. The summed E-state index contributed by atoms with van der Waals surface area (Å²) in [4.78, 5) is 4.72. The van der Waals surface area contributed by atoms with Crippen molar-refractivity contribution in [3.8, 4) is 28.3 Å². The molecule has 0 atom stereocenters. The fourth-order valence-electron chi connectivity index (χ4n) is 3.29. The number of hydrogen-bond donors (Lipinski definition) is 1. The van der Waals surface area contributed by atoms with Crippen LogP contribution in [-0.4, -0.2) is 20.5 Å². The number of aromatic nitrogens is 1. The molecule has 158 valence electrons. The summed E-state index contributed by atoms with van der Waals surface area (Å²) in [5.41, 5.74) is 2.91. The Morgan fingerprint density at radius 1 is 1.00 bits per heavy atom. The van der Waals surface area contributed by atoms with E-state index in [1.165, 1.54) is 19.2 Å². The van der Waals surface area contributed by atoms with Gasteiger partial charge in [0.15, 0.2) is 11.7 Å². The molecule has 4 rings (SSSR count). The van der Waals surface area contributed by atoms with Crippen LogP contribution in [0.25, 0.3) is 22.6 Å². The van der Waals surface area contributed by atoms with Crippen LogP contribution in [0, 0.1) is 0 Å². The van der Waals surface area contributed by atoms with E-state index in [1.807, 2.05) is 36.4 Å². The number of oxazole rings is 1. The number of hydrogen-bond acceptors (Lipinski definition) is 5. The zero-order valence-electron chi connectivity index (χ0n) is 16.6. The number of rotatable bonds is 6. The quantitative estimate of drug-likeness (QED) is 0.446. The Hall–Kier alpha value is -3.13. The number of benzene rings is 3. The molecule has 0 amide bonds. The second kappa shape index (κ2) is 8.55. The smallest absolute Gasteiger partial charge is 0.238 e. The summed E-state index contributed by atoms with van der Waals surface area (Å²) in [6, 6.07) is 21.4. The van der Waals surface area contributed by atoms with E-state index in [4.69, 9.17) is 30.9 Å². The first-order valence-electron chi connectivity index (χ1n) is 9.36. The molecule has 0 spiro atoms. The van der Waals surface area contributed by atoms with Crippen LogP contribution in [0.3, 0.4) is 0 Å². The van der Waals surface area contributed by atoms with Crippen LogP contribution in [0.2, 0.25) is 5.02 Å². The predicted octanol–water partition coefficient (Wildman–Crippen LogP) is 4.91.